The van der Waals surface area contributed by atoms with E-state index in [9.17, 15) is 0 Å². The number of halogens is 3. The van der Waals surface area contributed by atoms with Gasteiger partial charge in [-0.15, -0.1) is 0 Å². The summed E-state index contributed by atoms with van der Waals surface area (Å²) in [5, 5.41) is 3.30. The maximum atomic E-state index is 2.57. The summed E-state index contributed by atoms with van der Waals surface area (Å²) in [6, 6.07) is 20.2. The summed E-state index contributed by atoms with van der Waals surface area (Å²) in [5.41, 5.74) is 7.40. The molecule has 0 fully saturated rings. The van der Waals surface area contributed by atoms with Crippen LogP contribution in [-0.2, 0) is 20.4 Å². The van der Waals surface area contributed by atoms with Crippen LogP contribution in [0, 0.1) is 13.8 Å². The maximum absolute atomic E-state index is 2.57. The van der Waals surface area contributed by atoms with Crippen LogP contribution in [0.4, 0.5) is 0 Å². The van der Waals surface area contributed by atoms with Gasteiger partial charge >= 0.3 is 192 Å². The first kappa shape index (κ1) is 31.7. The van der Waals surface area contributed by atoms with Gasteiger partial charge in [-0.2, -0.15) is 0 Å². The first-order valence-electron chi connectivity index (χ1n) is 11.0. The van der Waals surface area contributed by atoms with E-state index in [0.717, 1.165) is 0 Å². The summed E-state index contributed by atoms with van der Waals surface area (Å²) in [7, 11) is -2.15. The van der Waals surface area contributed by atoms with Crippen LogP contribution in [0.5, 0.6) is 0 Å². The molecule has 0 radical (unpaired) electrons. The first-order chi connectivity index (χ1) is 13.7. The largest absolute Gasteiger partial charge is 1.00 e. The van der Waals surface area contributed by atoms with Crippen LogP contribution in [0.1, 0.15) is 58.6 Å². The smallest absolute Gasteiger partial charge is 1.00 e. The summed E-state index contributed by atoms with van der Waals surface area (Å²) in [6.45, 7) is 16.5. The van der Waals surface area contributed by atoms with Gasteiger partial charge in [-0.05, 0) is 0 Å². The monoisotopic (exact) mass is 540 g/mol. The fourth-order valence-electron chi connectivity index (χ4n) is 5.61. The number of rotatable bonds is 6. The molecule has 172 valence electrons. The average Bonchev–Trinajstić information content (AvgIpc) is 2.85. The average molecular weight is 542 g/mol. The van der Waals surface area contributed by atoms with E-state index in [4.69, 9.17) is 0 Å². The van der Waals surface area contributed by atoms with Crippen molar-refractivity contribution in [3.63, 3.8) is 0 Å². The van der Waals surface area contributed by atoms with Gasteiger partial charge in [0.05, 0.1) is 0 Å². The molecule has 1 aliphatic carbocycles. The van der Waals surface area contributed by atoms with Crippen LogP contribution in [0.25, 0.3) is 0 Å². The quantitative estimate of drug-likeness (QED) is 0.358. The second-order valence-corrected chi connectivity index (χ2v) is 14.4. The summed E-state index contributed by atoms with van der Waals surface area (Å²) >= 11 is 2.41. The van der Waals surface area contributed by atoms with Crippen molar-refractivity contribution < 1.29 is 57.7 Å². The Balaban J connectivity index is 0.00000320. The van der Waals surface area contributed by atoms with Crippen molar-refractivity contribution in [1.29, 1.82) is 0 Å². The Bertz CT molecular complexity index is 937. The molecular formula is C27H35Cl3SiTi. The van der Waals surface area contributed by atoms with Gasteiger partial charge in [-0.3, -0.25) is 0 Å². The molecule has 0 N–H and O–H groups in total. The van der Waals surface area contributed by atoms with E-state index in [1.54, 1.807) is 19.8 Å². The third-order valence-corrected chi connectivity index (χ3v) is 15.3. The minimum atomic E-state index is -2.15. The Kier molecular flexibility index (Phi) is 12.3. The van der Waals surface area contributed by atoms with E-state index in [0.29, 0.717) is 0 Å². The molecule has 0 bridgehead atoms. The standard InChI is InChI=1S/C27H35Si.3ClH.Ti/c1-8-9-15-28(25-13-11-10-12-14-25,26-17-20(2)16-21(3)18-26)27(7)19-22(4)23(5)24(27)6;;;;/h10-14,16-18H,8-9,15H2,1-7H3;3*1H;/q;;;;+3/p-3. The molecule has 0 heterocycles. The molecule has 1 aliphatic rings. The third kappa shape index (κ3) is 5.04. The normalized spacial score (nSPS) is 19.7. The van der Waals surface area contributed by atoms with Crippen molar-refractivity contribution in [3.05, 3.63) is 80.3 Å². The SMILES string of the molecule is CCCC[Si](c1ccccc1)(c1cc(C)cc(C)c1)C1(C)C(C)=C(C)C(C)=[C]1[Ti+3].[Cl-].[Cl-].[Cl-]. The number of hydrogen-bond donors (Lipinski definition) is 0. The van der Waals surface area contributed by atoms with Gasteiger partial charge in [0.25, 0.3) is 0 Å². The zero-order chi connectivity index (χ0) is 21.4. The molecule has 3 rings (SSSR count). The number of unbranched alkanes of at least 4 members (excludes halogenated alkanes) is 1. The van der Waals surface area contributed by atoms with Gasteiger partial charge in [0, 0.05) is 0 Å². The Hall–Kier alpha value is -0.279. The molecular weight excluding hydrogens is 507 g/mol. The topological polar surface area (TPSA) is 0 Å². The van der Waals surface area contributed by atoms with Crippen molar-refractivity contribution >= 4 is 18.4 Å². The van der Waals surface area contributed by atoms with Crippen LogP contribution in [0.3, 0.4) is 0 Å². The van der Waals surface area contributed by atoms with Crippen LogP contribution in [-0.4, -0.2) is 8.07 Å². The molecule has 5 heteroatoms. The molecule has 32 heavy (non-hydrogen) atoms. The molecule has 0 amide bonds. The summed E-state index contributed by atoms with van der Waals surface area (Å²) in [6.07, 6.45) is 2.52. The Morgan fingerprint density at radius 3 is 1.75 bits per heavy atom. The van der Waals surface area contributed by atoms with Crippen LogP contribution in [0.2, 0.25) is 11.1 Å². The van der Waals surface area contributed by atoms with E-state index in [2.05, 4.69) is 117 Å². The molecule has 0 spiro atoms. The van der Waals surface area contributed by atoms with Gasteiger partial charge in [0.1, 0.15) is 0 Å². The molecule has 0 aliphatic heterocycles. The van der Waals surface area contributed by atoms with Crippen molar-refractivity contribution in [3.8, 4) is 0 Å². The molecule has 0 nitrogen and oxygen atoms in total. The van der Waals surface area contributed by atoms with Gasteiger partial charge in [0.2, 0.25) is 0 Å². The summed E-state index contributed by atoms with van der Waals surface area (Å²) in [5.74, 6) is 0. The van der Waals surface area contributed by atoms with Crippen LogP contribution in [0.15, 0.2) is 69.1 Å². The predicted octanol–water partition coefficient (Wildman–Crippen LogP) is -2.39. The summed E-state index contributed by atoms with van der Waals surface area (Å²) < 4.78 is 1.60. The van der Waals surface area contributed by atoms with E-state index in [1.165, 1.54) is 41.2 Å². The van der Waals surface area contributed by atoms with Crippen molar-refractivity contribution in [2.45, 2.75) is 72.4 Å². The zero-order valence-corrected chi connectivity index (χ0v) is 25.2. The van der Waals surface area contributed by atoms with Crippen molar-refractivity contribution in [2.24, 2.45) is 0 Å². The maximum Gasteiger partial charge on any atom is -1.00 e. The van der Waals surface area contributed by atoms with Gasteiger partial charge in [0.15, 0.2) is 0 Å². The zero-order valence-electron chi connectivity index (χ0n) is 20.4. The van der Waals surface area contributed by atoms with Crippen LogP contribution >= 0.6 is 0 Å². The summed E-state index contributed by atoms with van der Waals surface area (Å²) in [4.78, 5) is 0. The molecule has 2 aromatic carbocycles. The molecule has 0 saturated carbocycles. The van der Waals surface area contributed by atoms with Crippen LogP contribution < -0.4 is 47.6 Å². The van der Waals surface area contributed by atoms with Crippen molar-refractivity contribution in [2.75, 3.05) is 0 Å². The Morgan fingerprint density at radius 2 is 1.31 bits per heavy atom. The fraction of sp³-hybridized carbons (Fsp3) is 0.407. The third-order valence-electron chi connectivity index (χ3n) is 7.49. The molecule has 2 aromatic rings. The second-order valence-electron chi connectivity index (χ2n) is 9.13. The van der Waals surface area contributed by atoms with Gasteiger partial charge in [-0.25, -0.2) is 0 Å². The van der Waals surface area contributed by atoms with Crippen molar-refractivity contribution in [1.82, 2.24) is 0 Å². The van der Waals surface area contributed by atoms with E-state index < -0.39 is 8.07 Å². The van der Waals surface area contributed by atoms with E-state index >= 15 is 0 Å². The Labute approximate surface area is 227 Å². The fourth-order valence-corrected chi connectivity index (χ4v) is 13.8. The number of aryl methyl sites for hydroxylation is 2. The van der Waals surface area contributed by atoms with Gasteiger partial charge < -0.3 is 37.2 Å². The first-order valence-corrected chi connectivity index (χ1v) is 13.9. The second kappa shape index (κ2) is 12.4. The van der Waals surface area contributed by atoms with E-state index in [1.807, 2.05) is 0 Å². The molecule has 0 aromatic heterocycles. The number of benzene rings is 2. The number of hydrogen-bond acceptors (Lipinski definition) is 0. The predicted molar refractivity (Wildman–Crippen MR) is 127 cm³/mol. The Morgan fingerprint density at radius 1 is 0.781 bits per heavy atom. The molecule has 2 unspecified atom stereocenters. The molecule has 2 atom stereocenters. The minimum Gasteiger partial charge on any atom is -1.00 e. The number of allylic oxidation sites excluding steroid dienone is 4. The van der Waals surface area contributed by atoms with Gasteiger partial charge in [-0.1, -0.05) is 0 Å². The molecule has 0 saturated heterocycles. The minimum absolute atomic E-state index is 0. The van der Waals surface area contributed by atoms with E-state index in [-0.39, 0.29) is 42.3 Å².